The first-order valence-corrected chi connectivity index (χ1v) is 8.69. The van der Waals surface area contributed by atoms with E-state index in [0.29, 0.717) is 30.7 Å². The summed E-state index contributed by atoms with van der Waals surface area (Å²) in [7, 11) is 0. The molecule has 0 bridgehead atoms. The molecule has 0 spiro atoms. The van der Waals surface area contributed by atoms with Crippen LogP contribution < -0.4 is 10.6 Å². The van der Waals surface area contributed by atoms with Crippen LogP contribution in [0.4, 0.5) is 0 Å². The van der Waals surface area contributed by atoms with Crippen LogP contribution in [0, 0.1) is 11.8 Å². The Morgan fingerprint density at radius 1 is 1.42 bits per heavy atom. The van der Waals surface area contributed by atoms with E-state index in [9.17, 15) is 4.79 Å². The Morgan fingerprint density at radius 2 is 2.25 bits per heavy atom. The fraction of sp³-hybridized carbons (Fsp3) is 0.474. The van der Waals surface area contributed by atoms with Gasteiger partial charge in [0, 0.05) is 12.0 Å². The van der Waals surface area contributed by atoms with Crippen LogP contribution in [0.25, 0.3) is 11.5 Å². The second-order valence-corrected chi connectivity index (χ2v) is 6.57. The van der Waals surface area contributed by atoms with E-state index in [1.54, 1.807) is 6.26 Å². The van der Waals surface area contributed by atoms with E-state index < -0.39 is 0 Å². The molecule has 2 atom stereocenters. The lowest BCUT2D eigenvalue weighted by molar-refractivity contribution is -0.122. The summed E-state index contributed by atoms with van der Waals surface area (Å²) in [6, 6.07) is 9.75. The van der Waals surface area contributed by atoms with Gasteiger partial charge in [-0.3, -0.25) is 4.79 Å². The summed E-state index contributed by atoms with van der Waals surface area (Å²) in [5, 5.41) is 6.36. The molecule has 2 unspecified atom stereocenters. The first kappa shape index (κ1) is 16.7. The molecule has 5 heteroatoms. The zero-order valence-corrected chi connectivity index (χ0v) is 14.1. The number of hydrogen-bond acceptors (Lipinski definition) is 4. The van der Waals surface area contributed by atoms with Crippen molar-refractivity contribution in [2.75, 3.05) is 13.1 Å². The summed E-state index contributed by atoms with van der Waals surface area (Å²) in [4.78, 5) is 16.6. The Labute approximate surface area is 142 Å². The lowest BCUT2D eigenvalue weighted by Gasteiger charge is -2.27. The van der Waals surface area contributed by atoms with Gasteiger partial charge in [0.15, 0.2) is 0 Å². The van der Waals surface area contributed by atoms with E-state index in [1.807, 2.05) is 30.3 Å². The number of amides is 1. The fourth-order valence-corrected chi connectivity index (χ4v) is 3.19. The molecular weight excluding hydrogens is 302 g/mol. The number of rotatable bonds is 6. The molecule has 1 aliphatic heterocycles. The van der Waals surface area contributed by atoms with Crippen molar-refractivity contribution in [1.29, 1.82) is 0 Å². The fourth-order valence-electron chi connectivity index (χ4n) is 3.19. The minimum atomic E-state index is 0.0809. The minimum Gasteiger partial charge on any atom is -0.444 e. The van der Waals surface area contributed by atoms with Crippen molar-refractivity contribution in [3.63, 3.8) is 0 Å². The highest BCUT2D eigenvalue weighted by molar-refractivity contribution is 5.76. The van der Waals surface area contributed by atoms with Crippen molar-refractivity contribution in [2.24, 2.45) is 11.8 Å². The van der Waals surface area contributed by atoms with Gasteiger partial charge >= 0.3 is 0 Å². The maximum absolute atomic E-state index is 12.2. The maximum atomic E-state index is 12.2. The molecule has 2 heterocycles. The average molecular weight is 327 g/mol. The second-order valence-electron chi connectivity index (χ2n) is 6.57. The van der Waals surface area contributed by atoms with Crippen LogP contribution in [0.1, 0.15) is 31.9 Å². The summed E-state index contributed by atoms with van der Waals surface area (Å²) in [5.74, 6) is 1.66. The molecule has 1 aliphatic rings. The number of benzene rings is 1. The lowest BCUT2D eigenvalue weighted by atomic mass is 9.85. The van der Waals surface area contributed by atoms with Crippen molar-refractivity contribution >= 4 is 5.91 Å². The third kappa shape index (κ3) is 4.45. The van der Waals surface area contributed by atoms with Crippen LogP contribution in [0.3, 0.4) is 0 Å². The number of carbonyl (C=O) groups excluding carboxylic acids is 1. The summed E-state index contributed by atoms with van der Waals surface area (Å²) < 4.78 is 5.49. The van der Waals surface area contributed by atoms with Crippen molar-refractivity contribution < 1.29 is 9.21 Å². The molecule has 1 saturated heterocycles. The average Bonchev–Trinajstić information content (AvgIpc) is 3.10. The highest BCUT2D eigenvalue weighted by Gasteiger charge is 2.22. The quantitative estimate of drug-likeness (QED) is 0.856. The molecule has 2 aromatic rings. The minimum absolute atomic E-state index is 0.0809. The third-order valence-electron chi connectivity index (χ3n) is 4.69. The van der Waals surface area contributed by atoms with E-state index in [0.717, 1.165) is 24.3 Å². The monoisotopic (exact) mass is 327 g/mol. The molecule has 0 radical (unpaired) electrons. The smallest absolute Gasteiger partial charge is 0.226 e. The van der Waals surface area contributed by atoms with Gasteiger partial charge in [-0.25, -0.2) is 4.98 Å². The van der Waals surface area contributed by atoms with Crippen LogP contribution in [-0.4, -0.2) is 24.0 Å². The van der Waals surface area contributed by atoms with Gasteiger partial charge < -0.3 is 15.1 Å². The van der Waals surface area contributed by atoms with Crippen molar-refractivity contribution in [3.8, 4) is 11.5 Å². The number of nitrogens with zero attached hydrogens (tertiary/aromatic N) is 1. The molecule has 3 rings (SSSR count). The predicted molar refractivity (Wildman–Crippen MR) is 93.2 cm³/mol. The largest absolute Gasteiger partial charge is 0.444 e. The molecule has 1 fully saturated rings. The van der Waals surface area contributed by atoms with Gasteiger partial charge in [0.25, 0.3) is 0 Å². The van der Waals surface area contributed by atoms with Crippen molar-refractivity contribution in [2.45, 2.75) is 32.7 Å². The van der Waals surface area contributed by atoms with E-state index in [-0.39, 0.29) is 5.91 Å². The molecule has 24 heavy (non-hydrogen) atoms. The molecule has 128 valence electrons. The molecule has 1 amide bonds. The third-order valence-corrected chi connectivity index (χ3v) is 4.69. The number of aromatic nitrogens is 1. The van der Waals surface area contributed by atoms with Gasteiger partial charge in [0.05, 0.1) is 12.2 Å². The van der Waals surface area contributed by atoms with Crippen molar-refractivity contribution in [1.82, 2.24) is 15.6 Å². The molecule has 1 aromatic heterocycles. The van der Waals surface area contributed by atoms with Crippen LogP contribution in [0.5, 0.6) is 0 Å². The Hall–Kier alpha value is -2.14. The highest BCUT2D eigenvalue weighted by atomic mass is 16.3. The lowest BCUT2D eigenvalue weighted by Crippen LogP contribution is -2.35. The predicted octanol–water partition coefficient (Wildman–Crippen LogP) is 2.98. The van der Waals surface area contributed by atoms with Gasteiger partial charge in [0.2, 0.25) is 11.8 Å². The van der Waals surface area contributed by atoms with Crippen LogP contribution in [0.15, 0.2) is 41.0 Å². The van der Waals surface area contributed by atoms with Gasteiger partial charge in [-0.1, -0.05) is 25.1 Å². The first-order valence-electron chi connectivity index (χ1n) is 8.69. The van der Waals surface area contributed by atoms with E-state index in [1.165, 1.54) is 12.8 Å². The summed E-state index contributed by atoms with van der Waals surface area (Å²) >= 11 is 0. The normalized spacial score (nSPS) is 19.0. The maximum Gasteiger partial charge on any atom is 0.226 e. The highest BCUT2D eigenvalue weighted by Crippen LogP contribution is 2.22. The Balaban J connectivity index is 1.47. The van der Waals surface area contributed by atoms with Gasteiger partial charge in [-0.05, 0) is 49.9 Å². The number of oxazole rings is 1. The summed E-state index contributed by atoms with van der Waals surface area (Å²) in [6.45, 7) is 4.70. The number of piperidine rings is 1. The van der Waals surface area contributed by atoms with Crippen LogP contribution >= 0.6 is 0 Å². The zero-order chi connectivity index (χ0) is 16.8. The Morgan fingerprint density at radius 3 is 3.00 bits per heavy atom. The van der Waals surface area contributed by atoms with Gasteiger partial charge in [-0.15, -0.1) is 0 Å². The molecule has 0 saturated carbocycles. The molecule has 2 N–H and O–H groups in total. The van der Waals surface area contributed by atoms with E-state index in [2.05, 4.69) is 22.5 Å². The molecule has 5 nitrogen and oxygen atoms in total. The first-order chi connectivity index (χ1) is 11.7. The van der Waals surface area contributed by atoms with E-state index in [4.69, 9.17) is 4.42 Å². The second kappa shape index (κ2) is 8.11. The van der Waals surface area contributed by atoms with Gasteiger partial charge in [-0.2, -0.15) is 0 Å². The molecule has 0 aliphatic carbocycles. The van der Waals surface area contributed by atoms with Gasteiger partial charge in [0.1, 0.15) is 6.26 Å². The number of carbonyl (C=O) groups is 1. The zero-order valence-electron chi connectivity index (χ0n) is 14.1. The summed E-state index contributed by atoms with van der Waals surface area (Å²) in [6.07, 6.45) is 4.59. The van der Waals surface area contributed by atoms with Crippen LogP contribution in [0.2, 0.25) is 0 Å². The van der Waals surface area contributed by atoms with Crippen LogP contribution in [-0.2, 0) is 11.3 Å². The molecule has 1 aromatic carbocycles. The SMILES string of the molecule is CC(CC(=O)NCc1coc(-c2ccccc2)n1)C1CCCNC1. The Bertz CT molecular complexity index is 648. The van der Waals surface area contributed by atoms with E-state index >= 15 is 0 Å². The van der Waals surface area contributed by atoms with Crippen molar-refractivity contribution in [3.05, 3.63) is 42.3 Å². The number of nitrogens with one attached hydrogen (secondary N) is 2. The summed E-state index contributed by atoms with van der Waals surface area (Å²) in [5.41, 5.74) is 1.68. The Kier molecular flexibility index (Phi) is 5.64. The topological polar surface area (TPSA) is 67.2 Å². The molecular formula is C19H25N3O2. The number of hydrogen-bond donors (Lipinski definition) is 2. The standard InChI is InChI=1S/C19H25N3O2/c1-14(16-8-5-9-20-11-16)10-18(23)21-12-17-13-24-19(22-17)15-6-3-2-4-7-15/h2-4,6-7,13-14,16,20H,5,8-12H2,1H3,(H,21,23).